The summed E-state index contributed by atoms with van der Waals surface area (Å²) in [6, 6.07) is 26.4. The van der Waals surface area contributed by atoms with Crippen LogP contribution in [0.3, 0.4) is 0 Å². The molecule has 1 aromatic heterocycles. The second kappa shape index (κ2) is 8.18. The van der Waals surface area contributed by atoms with Gasteiger partial charge in [0, 0.05) is 12.1 Å². The Morgan fingerprint density at radius 2 is 1.50 bits per heavy atom. The van der Waals surface area contributed by atoms with Crippen LogP contribution in [0.2, 0.25) is 0 Å². The van der Waals surface area contributed by atoms with Crippen LogP contribution < -0.4 is 10.1 Å². The summed E-state index contributed by atoms with van der Waals surface area (Å²) in [5.41, 5.74) is 1.72. The van der Waals surface area contributed by atoms with Crippen molar-refractivity contribution in [1.82, 2.24) is 15.5 Å². The van der Waals surface area contributed by atoms with Crippen LogP contribution in [0.4, 0.5) is 0 Å². The van der Waals surface area contributed by atoms with Crippen LogP contribution in [0.5, 0.6) is 11.5 Å². The minimum atomic E-state index is -0.417. The zero-order valence-electron chi connectivity index (χ0n) is 14.9. The fourth-order valence-corrected chi connectivity index (χ4v) is 2.58. The highest BCUT2D eigenvalue weighted by Crippen LogP contribution is 2.21. The number of aromatic nitrogens is 2. The summed E-state index contributed by atoms with van der Waals surface area (Å²) in [7, 11) is 0. The smallest absolute Gasteiger partial charge is 0.316 e. The second-order valence-electron chi connectivity index (χ2n) is 6.03. The largest absolute Gasteiger partial charge is 0.457 e. The molecule has 0 saturated heterocycles. The van der Waals surface area contributed by atoms with E-state index in [1.165, 1.54) is 0 Å². The van der Waals surface area contributed by atoms with Crippen LogP contribution in [-0.2, 0) is 6.54 Å². The Kier molecular flexibility index (Phi) is 5.11. The molecule has 4 aromatic rings. The molecule has 0 unspecified atom stereocenters. The van der Waals surface area contributed by atoms with Crippen molar-refractivity contribution < 1.29 is 14.1 Å². The van der Waals surface area contributed by atoms with Gasteiger partial charge in [0.2, 0.25) is 5.82 Å². The average molecular weight is 371 g/mol. The van der Waals surface area contributed by atoms with Crippen LogP contribution >= 0.6 is 0 Å². The van der Waals surface area contributed by atoms with Gasteiger partial charge in [0.25, 0.3) is 0 Å². The van der Waals surface area contributed by atoms with E-state index in [0.717, 1.165) is 22.6 Å². The van der Waals surface area contributed by atoms with E-state index >= 15 is 0 Å². The van der Waals surface area contributed by atoms with Crippen molar-refractivity contribution in [3.05, 3.63) is 96.4 Å². The molecule has 6 heteroatoms. The van der Waals surface area contributed by atoms with Gasteiger partial charge in [-0.15, -0.1) is 0 Å². The van der Waals surface area contributed by atoms with Gasteiger partial charge in [-0.05, 0) is 29.8 Å². The van der Waals surface area contributed by atoms with E-state index < -0.39 is 5.91 Å². The summed E-state index contributed by atoms with van der Waals surface area (Å²) in [4.78, 5) is 16.4. The van der Waals surface area contributed by atoms with Crippen molar-refractivity contribution >= 4 is 5.91 Å². The van der Waals surface area contributed by atoms with Crippen LogP contribution in [-0.4, -0.2) is 16.0 Å². The van der Waals surface area contributed by atoms with Gasteiger partial charge in [-0.3, -0.25) is 4.79 Å². The highest BCUT2D eigenvalue weighted by atomic mass is 16.5. The van der Waals surface area contributed by atoms with E-state index in [2.05, 4.69) is 15.5 Å². The Morgan fingerprint density at radius 1 is 0.857 bits per heavy atom. The Balaban J connectivity index is 1.34. The summed E-state index contributed by atoms with van der Waals surface area (Å²) in [6.07, 6.45) is 0. The molecule has 4 rings (SSSR count). The predicted octanol–water partition coefficient (Wildman–Crippen LogP) is 4.46. The van der Waals surface area contributed by atoms with E-state index in [4.69, 9.17) is 9.26 Å². The Hall–Kier alpha value is -3.93. The van der Waals surface area contributed by atoms with Crippen molar-refractivity contribution in [3.63, 3.8) is 0 Å². The Morgan fingerprint density at radius 3 is 2.21 bits per heavy atom. The molecule has 0 aliphatic rings. The maximum absolute atomic E-state index is 12.2. The summed E-state index contributed by atoms with van der Waals surface area (Å²) < 4.78 is 10.8. The summed E-state index contributed by atoms with van der Waals surface area (Å²) in [6.45, 7) is 0.341. The number of amides is 1. The lowest BCUT2D eigenvalue weighted by Crippen LogP contribution is -2.23. The summed E-state index contributed by atoms with van der Waals surface area (Å²) in [5.74, 6) is 1.40. The summed E-state index contributed by atoms with van der Waals surface area (Å²) in [5, 5.41) is 6.62. The lowest BCUT2D eigenvalue weighted by atomic mass is 10.2. The number of benzene rings is 3. The van der Waals surface area contributed by atoms with Crippen LogP contribution in [0.1, 0.15) is 16.2 Å². The molecule has 0 spiro atoms. The fraction of sp³-hybridized carbons (Fsp3) is 0.0455. The topological polar surface area (TPSA) is 77.2 Å². The molecule has 3 aromatic carbocycles. The molecule has 1 N–H and O–H groups in total. The number of hydrogen-bond acceptors (Lipinski definition) is 5. The molecule has 6 nitrogen and oxygen atoms in total. The number of carbonyl (C=O) groups is 1. The molecular formula is C22H17N3O3. The molecule has 0 bridgehead atoms. The maximum atomic E-state index is 12.2. The van der Waals surface area contributed by atoms with Crippen molar-refractivity contribution in [2.45, 2.75) is 6.54 Å². The van der Waals surface area contributed by atoms with E-state index in [-0.39, 0.29) is 5.89 Å². The van der Waals surface area contributed by atoms with Crippen LogP contribution in [0.15, 0.2) is 89.5 Å². The summed E-state index contributed by atoms with van der Waals surface area (Å²) >= 11 is 0. The normalized spacial score (nSPS) is 10.4. The molecule has 0 aliphatic heterocycles. The minimum absolute atomic E-state index is 0.0668. The molecule has 1 amide bonds. The first kappa shape index (κ1) is 17.5. The molecule has 0 aliphatic carbocycles. The lowest BCUT2D eigenvalue weighted by molar-refractivity contribution is 0.0907. The first-order valence-corrected chi connectivity index (χ1v) is 8.77. The van der Waals surface area contributed by atoms with Crippen molar-refractivity contribution in [2.75, 3.05) is 0 Å². The molecule has 0 radical (unpaired) electrons. The number of nitrogens with zero attached hydrogens (tertiary/aromatic N) is 2. The number of carbonyl (C=O) groups excluding carboxylic acids is 1. The number of nitrogens with one attached hydrogen (secondary N) is 1. The molecule has 0 atom stereocenters. The highest BCUT2D eigenvalue weighted by molar-refractivity contribution is 5.89. The number of ether oxygens (including phenoxy) is 1. The van der Waals surface area contributed by atoms with E-state index in [1.54, 1.807) is 0 Å². The highest BCUT2D eigenvalue weighted by Gasteiger charge is 2.15. The standard InChI is InChI=1S/C22H17N3O3/c26-21(22-24-20(25-28-22)17-7-3-1-4-8-17)23-15-16-11-13-19(14-12-16)27-18-9-5-2-6-10-18/h1-14H,15H2,(H,23,26). The third-order valence-electron chi connectivity index (χ3n) is 4.01. The minimum Gasteiger partial charge on any atom is -0.457 e. The Labute approximate surface area is 161 Å². The monoisotopic (exact) mass is 371 g/mol. The van der Waals surface area contributed by atoms with Gasteiger partial charge in [0.1, 0.15) is 11.5 Å². The Bertz CT molecular complexity index is 1050. The molecule has 28 heavy (non-hydrogen) atoms. The molecule has 0 saturated carbocycles. The maximum Gasteiger partial charge on any atom is 0.316 e. The van der Waals surface area contributed by atoms with Gasteiger partial charge in [-0.1, -0.05) is 65.8 Å². The van der Waals surface area contributed by atoms with Gasteiger partial charge in [-0.25, -0.2) is 0 Å². The molecular weight excluding hydrogens is 354 g/mol. The van der Waals surface area contributed by atoms with Crippen LogP contribution in [0, 0.1) is 0 Å². The first-order valence-electron chi connectivity index (χ1n) is 8.77. The van der Waals surface area contributed by atoms with E-state index in [0.29, 0.717) is 12.4 Å². The molecule has 0 fully saturated rings. The third kappa shape index (κ3) is 4.24. The molecule has 138 valence electrons. The van der Waals surface area contributed by atoms with Crippen LogP contribution in [0.25, 0.3) is 11.4 Å². The quantitative estimate of drug-likeness (QED) is 0.541. The SMILES string of the molecule is O=C(NCc1ccc(Oc2ccccc2)cc1)c1nc(-c2ccccc2)no1. The third-order valence-corrected chi connectivity index (χ3v) is 4.01. The first-order chi connectivity index (χ1) is 13.8. The lowest BCUT2D eigenvalue weighted by Gasteiger charge is -2.07. The van der Waals surface area contributed by atoms with Crippen molar-refractivity contribution in [2.24, 2.45) is 0 Å². The van der Waals surface area contributed by atoms with E-state index in [1.807, 2.05) is 84.9 Å². The van der Waals surface area contributed by atoms with Gasteiger partial charge in [-0.2, -0.15) is 4.98 Å². The zero-order valence-corrected chi connectivity index (χ0v) is 14.9. The van der Waals surface area contributed by atoms with Gasteiger partial charge in [0.15, 0.2) is 0 Å². The van der Waals surface area contributed by atoms with E-state index in [9.17, 15) is 4.79 Å². The average Bonchev–Trinajstić information content (AvgIpc) is 3.25. The zero-order chi connectivity index (χ0) is 19.2. The van der Waals surface area contributed by atoms with Crippen molar-refractivity contribution in [1.29, 1.82) is 0 Å². The van der Waals surface area contributed by atoms with Gasteiger partial charge >= 0.3 is 11.8 Å². The number of hydrogen-bond donors (Lipinski definition) is 1. The molecule has 1 heterocycles. The van der Waals surface area contributed by atoms with Gasteiger partial charge in [0.05, 0.1) is 0 Å². The number of rotatable bonds is 6. The second-order valence-corrected chi connectivity index (χ2v) is 6.03. The number of para-hydroxylation sites is 1. The predicted molar refractivity (Wildman–Crippen MR) is 104 cm³/mol. The van der Waals surface area contributed by atoms with Crippen molar-refractivity contribution in [3.8, 4) is 22.9 Å². The fourth-order valence-electron chi connectivity index (χ4n) is 2.58. The van der Waals surface area contributed by atoms with Gasteiger partial charge < -0.3 is 14.6 Å².